The lowest BCUT2D eigenvalue weighted by Crippen LogP contribution is -2.28. The zero-order valence-corrected chi connectivity index (χ0v) is 16.1. The van der Waals surface area contributed by atoms with Crippen molar-refractivity contribution in [3.63, 3.8) is 0 Å². The Labute approximate surface area is 162 Å². The van der Waals surface area contributed by atoms with Crippen molar-refractivity contribution in [3.05, 3.63) is 77.4 Å². The number of amides is 1. The standard InChI is InChI=1S/C20H21FN4OS/c1-15-22-23-20(25(15)12-16-8-4-3-5-9-16)27-14-19(26)24(2)13-17-10-6-7-11-18(17)21/h3-11H,12-14H2,1-2H3. The Bertz CT molecular complexity index is 913. The Balaban J connectivity index is 1.61. The zero-order chi connectivity index (χ0) is 19.2. The van der Waals surface area contributed by atoms with E-state index in [0.717, 1.165) is 11.4 Å². The van der Waals surface area contributed by atoms with Gasteiger partial charge in [-0.3, -0.25) is 4.79 Å². The highest BCUT2D eigenvalue weighted by atomic mass is 32.2. The van der Waals surface area contributed by atoms with Crippen LogP contribution in [0.4, 0.5) is 4.39 Å². The van der Waals surface area contributed by atoms with Crippen LogP contribution in [0.3, 0.4) is 0 Å². The third kappa shape index (κ3) is 4.95. The maximum absolute atomic E-state index is 13.8. The van der Waals surface area contributed by atoms with Crippen LogP contribution in [-0.4, -0.2) is 38.4 Å². The summed E-state index contributed by atoms with van der Waals surface area (Å²) in [5.41, 5.74) is 1.65. The second-order valence-electron chi connectivity index (χ2n) is 6.23. The smallest absolute Gasteiger partial charge is 0.233 e. The second kappa shape index (κ2) is 8.81. The van der Waals surface area contributed by atoms with Crippen LogP contribution in [0.5, 0.6) is 0 Å². The maximum Gasteiger partial charge on any atom is 0.233 e. The Morgan fingerprint density at radius 3 is 2.56 bits per heavy atom. The first-order chi connectivity index (χ1) is 13.0. The first-order valence-electron chi connectivity index (χ1n) is 8.58. The molecule has 5 nitrogen and oxygen atoms in total. The molecule has 0 radical (unpaired) electrons. The highest BCUT2D eigenvalue weighted by Gasteiger charge is 2.15. The van der Waals surface area contributed by atoms with E-state index in [0.29, 0.717) is 17.3 Å². The topological polar surface area (TPSA) is 51.0 Å². The summed E-state index contributed by atoms with van der Waals surface area (Å²) in [4.78, 5) is 14.0. The number of carbonyl (C=O) groups excluding carboxylic acids is 1. The molecule has 3 rings (SSSR count). The van der Waals surface area contributed by atoms with Crippen molar-refractivity contribution in [2.45, 2.75) is 25.2 Å². The minimum absolute atomic E-state index is 0.0878. The van der Waals surface area contributed by atoms with Crippen molar-refractivity contribution in [1.29, 1.82) is 0 Å². The van der Waals surface area contributed by atoms with Crippen molar-refractivity contribution < 1.29 is 9.18 Å². The average molecular weight is 384 g/mol. The Hall–Kier alpha value is -2.67. The van der Waals surface area contributed by atoms with Crippen LogP contribution < -0.4 is 0 Å². The fraction of sp³-hybridized carbons (Fsp3) is 0.250. The van der Waals surface area contributed by atoms with Gasteiger partial charge in [-0.25, -0.2) is 4.39 Å². The van der Waals surface area contributed by atoms with E-state index in [4.69, 9.17) is 0 Å². The van der Waals surface area contributed by atoms with E-state index in [1.54, 1.807) is 25.2 Å². The number of carbonyl (C=O) groups is 1. The molecular weight excluding hydrogens is 363 g/mol. The molecule has 0 atom stereocenters. The van der Waals surface area contributed by atoms with Crippen LogP contribution in [0.1, 0.15) is 17.0 Å². The molecular formula is C20H21FN4OS. The van der Waals surface area contributed by atoms with E-state index in [1.165, 1.54) is 22.7 Å². The first kappa shape index (κ1) is 19.1. The minimum atomic E-state index is -0.303. The van der Waals surface area contributed by atoms with Crippen LogP contribution in [0.2, 0.25) is 0 Å². The number of benzene rings is 2. The molecule has 2 aromatic carbocycles. The molecule has 0 unspecified atom stereocenters. The quantitative estimate of drug-likeness (QED) is 0.585. The minimum Gasteiger partial charge on any atom is -0.341 e. The molecule has 0 spiro atoms. The molecule has 7 heteroatoms. The van der Waals surface area contributed by atoms with Gasteiger partial charge in [-0.05, 0) is 18.6 Å². The number of aromatic nitrogens is 3. The van der Waals surface area contributed by atoms with Crippen molar-refractivity contribution in [2.75, 3.05) is 12.8 Å². The molecule has 0 N–H and O–H groups in total. The van der Waals surface area contributed by atoms with Gasteiger partial charge in [0.05, 0.1) is 12.3 Å². The molecule has 0 aliphatic rings. The molecule has 0 saturated heterocycles. The fourth-order valence-electron chi connectivity index (χ4n) is 2.62. The Morgan fingerprint density at radius 1 is 1.11 bits per heavy atom. The van der Waals surface area contributed by atoms with Crippen LogP contribution >= 0.6 is 11.8 Å². The van der Waals surface area contributed by atoms with E-state index in [-0.39, 0.29) is 24.0 Å². The first-order valence-corrected chi connectivity index (χ1v) is 9.57. The summed E-state index contributed by atoms with van der Waals surface area (Å²) in [5, 5.41) is 9.02. The lowest BCUT2D eigenvalue weighted by atomic mass is 10.2. The molecule has 27 heavy (non-hydrogen) atoms. The van der Waals surface area contributed by atoms with Gasteiger partial charge >= 0.3 is 0 Å². The highest BCUT2D eigenvalue weighted by molar-refractivity contribution is 7.99. The summed E-state index contributed by atoms with van der Waals surface area (Å²) in [5.74, 6) is 0.629. The van der Waals surface area contributed by atoms with Crippen molar-refractivity contribution in [2.24, 2.45) is 0 Å². The van der Waals surface area contributed by atoms with E-state index in [2.05, 4.69) is 10.2 Å². The molecule has 1 amide bonds. The molecule has 0 bridgehead atoms. The largest absolute Gasteiger partial charge is 0.341 e. The third-order valence-electron chi connectivity index (χ3n) is 4.20. The van der Waals surface area contributed by atoms with Gasteiger partial charge in [0.1, 0.15) is 11.6 Å². The van der Waals surface area contributed by atoms with E-state index >= 15 is 0 Å². The van der Waals surface area contributed by atoms with Gasteiger partial charge in [0.25, 0.3) is 0 Å². The molecule has 0 fully saturated rings. The second-order valence-corrected chi connectivity index (χ2v) is 7.17. The van der Waals surface area contributed by atoms with E-state index in [9.17, 15) is 9.18 Å². The summed E-state index contributed by atoms with van der Waals surface area (Å²) in [7, 11) is 1.68. The predicted molar refractivity (Wildman–Crippen MR) is 104 cm³/mol. The van der Waals surface area contributed by atoms with E-state index < -0.39 is 0 Å². The number of nitrogens with zero attached hydrogens (tertiary/aromatic N) is 4. The van der Waals surface area contributed by atoms with E-state index in [1.807, 2.05) is 41.8 Å². The molecule has 0 saturated carbocycles. The van der Waals surface area contributed by atoms with Gasteiger partial charge in [0.15, 0.2) is 5.16 Å². The predicted octanol–water partition coefficient (Wildman–Crippen LogP) is 3.52. The molecule has 1 heterocycles. The van der Waals surface area contributed by atoms with Gasteiger partial charge in [0, 0.05) is 19.2 Å². The van der Waals surface area contributed by atoms with Crippen LogP contribution in [0.15, 0.2) is 59.8 Å². The zero-order valence-electron chi connectivity index (χ0n) is 15.3. The van der Waals surface area contributed by atoms with Crippen molar-refractivity contribution >= 4 is 17.7 Å². The number of hydrogen-bond acceptors (Lipinski definition) is 4. The van der Waals surface area contributed by atoms with Crippen LogP contribution in [-0.2, 0) is 17.9 Å². The lowest BCUT2D eigenvalue weighted by molar-refractivity contribution is -0.127. The number of hydrogen-bond donors (Lipinski definition) is 0. The number of halogens is 1. The number of thioether (sulfide) groups is 1. The summed E-state index contributed by atoms with van der Waals surface area (Å²) < 4.78 is 15.8. The summed E-state index contributed by atoms with van der Waals surface area (Å²) in [6.45, 7) is 2.79. The van der Waals surface area contributed by atoms with Crippen molar-refractivity contribution in [1.82, 2.24) is 19.7 Å². The summed E-state index contributed by atoms with van der Waals surface area (Å²) >= 11 is 1.34. The molecule has 3 aromatic rings. The monoisotopic (exact) mass is 384 g/mol. The van der Waals surface area contributed by atoms with Gasteiger partial charge in [0.2, 0.25) is 5.91 Å². The average Bonchev–Trinajstić information content (AvgIpc) is 3.02. The molecule has 1 aromatic heterocycles. The van der Waals surface area contributed by atoms with Gasteiger partial charge < -0.3 is 9.47 Å². The Kier molecular flexibility index (Phi) is 6.24. The van der Waals surface area contributed by atoms with Gasteiger partial charge in [-0.2, -0.15) is 0 Å². The van der Waals surface area contributed by atoms with Crippen molar-refractivity contribution in [3.8, 4) is 0 Å². The normalized spacial score (nSPS) is 10.8. The Morgan fingerprint density at radius 2 is 1.81 bits per heavy atom. The third-order valence-corrected chi connectivity index (χ3v) is 5.15. The molecule has 0 aliphatic carbocycles. The lowest BCUT2D eigenvalue weighted by Gasteiger charge is -2.17. The fourth-order valence-corrected chi connectivity index (χ4v) is 3.55. The van der Waals surface area contributed by atoms with Crippen LogP contribution in [0.25, 0.3) is 0 Å². The number of rotatable bonds is 7. The maximum atomic E-state index is 13.8. The van der Waals surface area contributed by atoms with Gasteiger partial charge in [-0.1, -0.05) is 60.3 Å². The summed E-state index contributed by atoms with van der Waals surface area (Å²) in [6, 6.07) is 16.5. The SMILES string of the molecule is Cc1nnc(SCC(=O)N(C)Cc2ccccc2F)n1Cc1ccccc1. The van der Waals surface area contributed by atoms with Gasteiger partial charge in [-0.15, -0.1) is 10.2 Å². The molecule has 0 aliphatic heterocycles. The summed E-state index contributed by atoms with van der Waals surface area (Å²) in [6.07, 6.45) is 0. The number of aryl methyl sites for hydroxylation is 1. The highest BCUT2D eigenvalue weighted by Crippen LogP contribution is 2.19. The molecule has 140 valence electrons. The van der Waals surface area contributed by atoms with Crippen LogP contribution in [0, 0.1) is 12.7 Å².